The van der Waals surface area contributed by atoms with Crippen LogP contribution in [-0.4, -0.2) is 66.1 Å². The second-order valence-electron chi connectivity index (χ2n) is 6.66. The highest BCUT2D eigenvalue weighted by Gasteiger charge is 2.23. The van der Waals surface area contributed by atoms with E-state index in [2.05, 4.69) is 0 Å². The summed E-state index contributed by atoms with van der Waals surface area (Å²) >= 11 is 0. The Hall–Kier alpha value is -2.08. The summed E-state index contributed by atoms with van der Waals surface area (Å²) in [6, 6.07) is 5.26. The topological polar surface area (TPSA) is 70.1 Å². The molecule has 1 saturated heterocycles. The van der Waals surface area contributed by atoms with E-state index in [1.54, 1.807) is 24.0 Å². The molecule has 1 aromatic rings. The predicted molar refractivity (Wildman–Crippen MR) is 95.8 cm³/mol. The molecular formula is C19H28N2O4. The average molecular weight is 348 g/mol. The van der Waals surface area contributed by atoms with Gasteiger partial charge in [-0.25, -0.2) is 0 Å². The molecule has 1 aromatic carbocycles. The maximum Gasteiger partial charge on any atom is 0.320 e. The number of phenolic OH excluding ortho intramolecular Hbond substituents is 1. The SMILES string of the molecule is CCOC(=O)CN1CCCN(C(=O)c2ccc(C(C)C)cc2O)CC1. The van der Waals surface area contributed by atoms with Gasteiger partial charge in [0.15, 0.2) is 0 Å². The van der Waals surface area contributed by atoms with E-state index in [9.17, 15) is 14.7 Å². The minimum atomic E-state index is -0.232. The zero-order valence-corrected chi connectivity index (χ0v) is 15.3. The van der Waals surface area contributed by atoms with Crippen LogP contribution in [0, 0.1) is 0 Å². The Morgan fingerprint density at radius 2 is 1.96 bits per heavy atom. The molecule has 6 heteroatoms. The molecule has 1 fully saturated rings. The van der Waals surface area contributed by atoms with E-state index in [0.717, 1.165) is 18.5 Å². The van der Waals surface area contributed by atoms with E-state index in [1.807, 2.05) is 24.8 Å². The summed E-state index contributed by atoms with van der Waals surface area (Å²) in [7, 11) is 0. The van der Waals surface area contributed by atoms with Crippen LogP contribution in [0.5, 0.6) is 5.75 Å². The molecule has 1 N–H and O–H groups in total. The van der Waals surface area contributed by atoms with Crippen molar-refractivity contribution in [3.05, 3.63) is 29.3 Å². The first kappa shape index (κ1) is 19.2. The van der Waals surface area contributed by atoms with E-state index in [4.69, 9.17) is 4.74 Å². The van der Waals surface area contributed by atoms with Crippen LogP contribution >= 0.6 is 0 Å². The quantitative estimate of drug-likeness (QED) is 0.827. The summed E-state index contributed by atoms with van der Waals surface area (Å²) in [5.74, 6) is -0.0662. The maximum atomic E-state index is 12.7. The molecule has 138 valence electrons. The molecule has 0 bridgehead atoms. The fourth-order valence-corrected chi connectivity index (χ4v) is 2.98. The third kappa shape index (κ3) is 5.19. The second-order valence-corrected chi connectivity index (χ2v) is 6.66. The Balaban J connectivity index is 2.00. The van der Waals surface area contributed by atoms with Crippen LogP contribution in [0.3, 0.4) is 0 Å². The number of hydrogen-bond donors (Lipinski definition) is 1. The van der Waals surface area contributed by atoms with Crippen molar-refractivity contribution < 1.29 is 19.4 Å². The molecule has 0 aromatic heterocycles. The lowest BCUT2D eigenvalue weighted by Crippen LogP contribution is -2.37. The number of nitrogens with zero attached hydrogens (tertiary/aromatic N) is 2. The highest BCUT2D eigenvalue weighted by Crippen LogP contribution is 2.25. The van der Waals surface area contributed by atoms with Gasteiger partial charge in [-0.05, 0) is 37.0 Å². The van der Waals surface area contributed by atoms with Gasteiger partial charge in [0.25, 0.3) is 5.91 Å². The molecule has 6 nitrogen and oxygen atoms in total. The molecule has 0 saturated carbocycles. The molecule has 0 aliphatic carbocycles. The third-order valence-electron chi connectivity index (χ3n) is 4.45. The van der Waals surface area contributed by atoms with E-state index < -0.39 is 0 Å². The summed E-state index contributed by atoms with van der Waals surface area (Å²) in [5, 5.41) is 10.2. The minimum Gasteiger partial charge on any atom is -0.507 e. The summed E-state index contributed by atoms with van der Waals surface area (Å²) in [6.07, 6.45) is 0.788. The maximum absolute atomic E-state index is 12.7. The Labute approximate surface area is 149 Å². The Kier molecular flexibility index (Phi) is 6.82. The molecular weight excluding hydrogens is 320 g/mol. The van der Waals surface area contributed by atoms with Crippen molar-refractivity contribution >= 4 is 11.9 Å². The summed E-state index contributed by atoms with van der Waals surface area (Å²) < 4.78 is 4.98. The average Bonchev–Trinajstić information content (AvgIpc) is 2.80. The predicted octanol–water partition coefficient (Wildman–Crippen LogP) is 2.23. The number of hydrogen-bond acceptors (Lipinski definition) is 5. The van der Waals surface area contributed by atoms with Crippen molar-refractivity contribution in [2.24, 2.45) is 0 Å². The third-order valence-corrected chi connectivity index (χ3v) is 4.45. The standard InChI is InChI=1S/C19H28N2O4/c1-4-25-18(23)13-20-8-5-9-21(11-10-20)19(24)16-7-6-15(14(2)3)12-17(16)22/h6-7,12,14,22H,4-5,8-11,13H2,1-3H3. The Morgan fingerprint density at radius 1 is 1.20 bits per heavy atom. The van der Waals surface area contributed by atoms with Crippen molar-refractivity contribution in [3.8, 4) is 5.75 Å². The first-order chi connectivity index (χ1) is 11.9. The van der Waals surface area contributed by atoms with Crippen LogP contribution in [0.2, 0.25) is 0 Å². The van der Waals surface area contributed by atoms with Crippen LogP contribution in [-0.2, 0) is 9.53 Å². The van der Waals surface area contributed by atoms with Crippen LogP contribution < -0.4 is 0 Å². The van der Waals surface area contributed by atoms with E-state index in [0.29, 0.717) is 37.7 Å². The monoisotopic (exact) mass is 348 g/mol. The van der Waals surface area contributed by atoms with Gasteiger partial charge in [0.2, 0.25) is 0 Å². The normalized spacial score (nSPS) is 15.9. The number of amides is 1. The van der Waals surface area contributed by atoms with Gasteiger partial charge < -0.3 is 14.7 Å². The number of aromatic hydroxyl groups is 1. The van der Waals surface area contributed by atoms with Gasteiger partial charge in [0.1, 0.15) is 5.75 Å². The van der Waals surface area contributed by atoms with Gasteiger partial charge in [-0.3, -0.25) is 14.5 Å². The zero-order valence-electron chi connectivity index (χ0n) is 15.3. The Bertz CT molecular complexity index is 615. The minimum absolute atomic E-state index is 0.0313. The number of esters is 1. The first-order valence-corrected chi connectivity index (χ1v) is 8.92. The van der Waals surface area contributed by atoms with Crippen LogP contribution in [0.15, 0.2) is 18.2 Å². The van der Waals surface area contributed by atoms with Gasteiger partial charge in [-0.1, -0.05) is 19.9 Å². The van der Waals surface area contributed by atoms with Gasteiger partial charge in [0.05, 0.1) is 18.7 Å². The molecule has 0 spiro atoms. The van der Waals surface area contributed by atoms with Crippen molar-refractivity contribution in [2.45, 2.75) is 33.1 Å². The number of ether oxygens (including phenoxy) is 1. The van der Waals surface area contributed by atoms with Crippen molar-refractivity contribution in [3.63, 3.8) is 0 Å². The van der Waals surface area contributed by atoms with Gasteiger partial charge in [-0.15, -0.1) is 0 Å². The largest absolute Gasteiger partial charge is 0.507 e. The van der Waals surface area contributed by atoms with Gasteiger partial charge >= 0.3 is 5.97 Å². The summed E-state index contributed by atoms with van der Waals surface area (Å²) in [5.41, 5.74) is 1.34. The lowest BCUT2D eigenvalue weighted by atomic mass is 10.0. The first-order valence-electron chi connectivity index (χ1n) is 8.92. The Morgan fingerprint density at radius 3 is 2.60 bits per heavy atom. The van der Waals surface area contributed by atoms with Crippen LogP contribution in [0.1, 0.15) is 49.0 Å². The molecule has 1 heterocycles. The molecule has 0 radical (unpaired) electrons. The van der Waals surface area contributed by atoms with Gasteiger partial charge in [-0.2, -0.15) is 0 Å². The lowest BCUT2D eigenvalue weighted by molar-refractivity contribution is -0.144. The summed E-state index contributed by atoms with van der Waals surface area (Å²) in [4.78, 5) is 28.1. The molecule has 25 heavy (non-hydrogen) atoms. The van der Waals surface area contributed by atoms with Gasteiger partial charge in [0, 0.05) is 26.2 Å². The number of benzene rings is 1. The number of carbonyl (C=O) groups is 2. The zero-order chi connectivity index (χ0) is 18.4. The molecule has 0 unspecified atom stereocenters. The highest BCUT2D eigenvalue weighted by atomic mass is 16.5. The number of rotatable bonds is 5. The molecule has 0 atom stereocenters. The van der Waals surface area contributed by atoms with Crippen molar-refractivity contribution in [2.75, 3.05) is 39.3 Å². The smallest absolute Gasteiger partial charge is 0.320 e. The van der Waals surface area contributed by atoms with E-state index >= 15 is 0 Å². The molecule has 1 amide bonds. The molecule has 1 aliphatic heterocycles. The molecule has 1 aliphatic rings. The fourth-order valence-electron chi connectivity index (χ4n) is 2.98. The highest BCUT2D eigenvalue weighted by molar-refractivity contribution is 5.97. The second kappa shape index (κ2) is 8.85. The number of phenols is 1. The molecule has 2 rings (SSSR count). The van der Waals surface area contributed by atoms with E-state index in [-0.39, 0.29) is 24.2 Å². The van der Waals surface area contributed by atoms with Crippen LogP contribution in [0.4, 0.5) is 0 Å². The van der Waals surface area contributed by atoms with Crippen LogP contribution in [0.25, 0.3) is 0 Å². The fraction of sp³-hybridized carbons (Fsp3) is 0.579. The summed E-state index contributed by atoms with van der Waals surface area (Å²) in [6.45, 7) is 9.03. The van der Waals surface area contributed by atoms with E-state index in [1.165, 1.54) is 0 Å². The van der Waals surface area contributed by atoms with Crippen molar-refractivity contribution in [1.82, 2.24) is 9.80 Å². The number of carbonyl (C=O) groups excluding carboxylic acids is 2. The lowest BCUT2D eigenvalue weighted by Gasteiger charge is -2.22. The van der Waals surface area contributed by atoms with Crippen molar-refractivity contribution in [1.29, 1.82) is 0 Å².